The molecule has 7 heteroatoms. The maximum absolute atomic E-state index is 12.2. The van der Waals surface area contributed by atoms with Crippen molar-refractivity contribution in [1.29, 1.82) is 0 Å². The zero-order valence-corrected chi connectivity index (χ0v) is 14.2. The summed E-state index contributed by atoms with van der Waals surface area (Å²) in [6.45, 7) is 2.28. The Morgan fingerprint density at radius 3 is 3.00 bits per heavy atom. The number of hydrogen-bond acceptors (Lipinski definition) is 4. The Morgan fingerprint density at radius 1 is 1.32 bits per heavy atom. The molecular weight excluding hydrogens is 320 g/mol. The number of carbonyl (C=O) groups excluding carboxylic acids is 2. The number of piperidine rings is 1. The molecule has 2 amide bonds. The van der Waals surface area contributed by atoms with Gasteiger partial charge in [0.1, 0.15) is 0 Å². The summed E-state index contributed by atoms with van der Waals surface area (Å²) in [4.78, 5) is 30.1. The van der Waals surface area contributed by atoms with Crippen molar-refractivity contribution in [3.8, 4) is 0 Å². The molecule has 0 radical (unpaired) electrons. The summed E-state index contributed by atoms with van der Waals surface area (Å²) >= 11 is 0. The van der Waals surface area contributed by atoms with E-state index in [-0.39, 0.29) is 12.5 Å². The number of para-hydroxylation sites is 2. The zero-order valence-electron chi connectivity index (χ0n) is 14.2. The van der Waals surface area contributed by atoms with Gasteiger partial charge in [-0.15, -0.1) is 0 Å². The Labute approximate surface area is 146 Å². The van der Waals surface area contributed by atoms with E-state index in [9.17, 15) is 14.7 Å². The zero-order chi connectivity index (χ0) is 17.6. The molecule has 134 valence electrons. The monoisotopic (exact) mass is 344 g/mol. The molecule has 2 N–H and O–H groups in total. The van der Waals surface area contributed by atoms with Crippen LogP contribution in [0.3, 0.4) is 0 Å². The Morgan fingerprint density at radius 2 is 2.16 bits per heavy atom. The number of likely N-dealkylation sites (tertiary alicyclic amines) is 1. The minimum atomic E-state index is -0.561. The molecule has 0 unspecified atom stereocenters. The second kappa shape index (κ2) is 8.11. The summed E-state index contributed by atoms with van der Waals surface area (Å²) < 4.78 is 2.04. The lowest BCUT2D eigenvalue weighted by Crippen LogP contribution is -2.48. The highest BCUT2D eigenvalue weighted by Crippen LogP contribution is 2.15. The summed E-state index contributed by atoms with van der Waals surface area (Å²) in [5.41, 5.74) is 2.01. The van der Waals surface area contributed by atoms with E-state index in [4.69, 9.17) is 0 Å². The number of nitrogens with zero attached hydrogens (tertiary/aromatic N) is 3. The van der Waals surface area contributed by atoms with Crippen LogP contribution in [-0.4, -0.2) is 57.6 Å². The van der Waals surface area contributed by atoms with Crippen LogP contribution >= 0.6 is 0 Å². The van der Waals surface area contributed by atoms with Gasteiger partial charge in [0.15, 0.2) is 0 Å². The van der Waals surface area contributed by atoms with Crippen molar-refractivity contribution in [2.45, 2.75) is 25.8 Å². The summed E-state index contributed by atoms with van der Waals surface area (Å²) in [5, 5.41) is 11.9. The Bertz CT molecular complexity index is 743. The van der Waals surface area contributed by atoms with Crippen LogP contribution in [0.4, 0.5) is 0 Å². The topological polar surface area (TPSA) is 87.5 Å². The fraction of sp³-hybridized carbons (Fsp3) is 0.500. The van der Waals surface area contributed by atoms with Gasteiger partial charge in [-0.05, 0) is 37.3 Å². The molecule has 1 atom stereocenters. The van der Waals surface area contributed by atoms with E-state index in [1.807, 2.05) is 28.8 Å². The first-order valence-corrected chi connectivity index (χ1v) is 8.77. The van der Waals surface area contributed by atoms with Crippen LogP contribution in [0.25, 0.3) is 11.0 Å². The summed E-state index contributed by atoms with van der Waals surface area (Å²) in [5.74, 6) is -0.972. The van der Waals surface area contributed by atoms with Gasteiger partial charge in [-0.1, -0.05) is 12.1 Å². The number of imidazole rings is 1. The van der Waals surface area contributed by atoms with Crippen molar-refractivity contribution >= 4 is 22.8 Å². The first-order valence-electron chi connectivity index (χ1n) is 8.77. The van der Waals surface area contributed by atoms with Crippen LogP contribution in [0, 0.1) is 5.92 Å². The van der Waals surface area contributed by atoms with Crippen LogP contribution in [0.5, 0.6) is 0 Å². The maximum Gasteiger partial charge on any atom is 0.311 e. The van der Waals surface area contributed by atoms with E-state index in [1.165, 1.54) is 0 Å². The molecule has 7 nitrogen and oxygen atoms in total. The molecule has 0 spiro atoms. The van der Waals surface area contributed by atoms with E-state index in [0.717, 1.165) is 36.8 Å². The van der Waals surface area contributed by atoms with Gasteiger partial charge in [0.2, 0.25) is 0 Å². The minimum absolute atomic E-state index is 0.0598. The van der Waals surface area contributed by atoms with Gasteiger partial charge in [0.05, 0.1) is 17.4 Å². The largest absolute Gasteiger partial charge is 0.396 e. The van der Waals surface area contributed by atoms with Crippen LogP contribution in [0.1, 0.15) is 19.3 Å². The number of hydrogen-bond donors (Lipinski definition) is 2. The van der Waals surface area contributed by atoms with Crippen LogP contribution in [-0.2, 0) is 16.1 Å². The molecule has 2 heterocycles. The number of aliphatic hydroxyl groups is 1. The van der Waals surface area contributed by atoms with Gasteiger partial charge in [-0.2, -0.15) is 0 Å². The normalized spacial score (nSPS) is 17.6. The van der Waals surface area contributed by atoms with E-state index in [2.05, 4.69) is 10.3 Å². The van der Waals surface area contributed by atoms with Crippen molar-refractivity contribution < 1.29 is 14.7 Å². The van der Waals surface area contributed by atoms with Gasteiger partial charge in [0.25, 0.3) is 0 Å². The number of rotatable bonds is 5. The van der Waals surface area contributed by atoms with Gasteiger partial charge in [0, 0.05) is 32.8 Å². The van der Waals surface area contributed by atoms with Crippen molar-refractivity contribution in [2.24, 2.45) is 5.92 Å². The third-order valence-corrected chi connectivity index (χ3v) is 4.65. The molecule has 1 aromatic carbocycles. The SMILES string of the molecule is O=C(NCCCn1cnc2ccccc21)C(=O)N1CCC[C@@H](CO)C1. The minimum Gasteiger partial charge on any atom is -0.396 e. The molecule has 3 rings (SSSR count). The first kappa shape index (κ1) is 17.4. The van der Waals surface area contributed by atoms with Gasteiger partial charge in [-0.25, -0.2) is 4.98 Å². The van der Waals surface area contributed by atoms with Crippen LogP contribution < -0.4 is 5.32 Å². The molecule has 1 saturated heterocycles. The van der Waals surface area contributed by atoms with E-state index in [0.29, 0.717) is 19.6 Å². The molecule has 25 heavy (non-hydrogen) atoms. The Kier molecular flexibility index (Phi) is 5.65. The highest BCUT2D eigenvalue weighted by atomic mass is 16.3. The molecule has 0 bridgehead atoms. The lowest BCUT2D eigenvalue weighted by Gasteiger charge is -2.31. The predicted octanol–water partition coefficient (Wildman–Crippen LogP) is 0.773. The van der Waals surface area contributed by atoms with Gasteiger partial charge >= 0.3 is 11.8 Å². The number of aryl methyl sites for hydroxylation is 1. The van der Waals surface area contributed by atoms with Crippen LogP contribution in [0.2, 0.25) is 0 Å². The smallest absolute Gasteiger partial charge is 0.311 e. The van der Waals surface area contributed by atoms with Gasteiger partial charge < -0.3 is 19.9 Å². The molecule has 2 aromatic rings. The molecule has 0 aliphatic carbocycles. The van der Waals surface area contributed by atoms with Crippen molar-refractivity contribution in [3.63, 3.8) is 0 Å². The Hall–Kier alpha value is -2.41. The van der Waals surface area contributed by atoms with Crippen molar-refractivity contribution in [3.05, 3.63) is 30.6 Å². The third-order valence-electron chi connectivity index (χ3n) is 4.65. The number of fused-ring (bicyclic) bond motifs is 1. The third kappa shape index (κ3) is 4.17. The lowest BCUT2D eigenvalue weighted by atomic mass is 9.99. The van der Waals surface area contributed by atoms with E-state index in [1.54, 1.807) is 11.2 Å². The molecule has 1 aliphatic rings. The first-order chi connectivity index (χ1) is 12.2. The number of amides is 2. The highest BCUT2D eigenvalue weighted by Gasteiger charge is 2.27. The number of aromatic nitrogens is 2. The predicted molar refractivity (Wildman–Crippen MR) is 93.7 cm³/mol. The number of carbonyl (C=O) groups is 2. The lowest BCUT2D eigenvalue weighted by molar-refractivity contribution is -0.147. The molecular formula is C18H24N4O3. The van der Waals surface area contributed by atoms with Crippen LogP contribution in [0.15, 0.2) is 30.6 Å². The quantitative estimate of drug-likeness (QED) is 0.620. The maximum atomic E-state index is 12.2. The number of benzene rings is 1. The molecule has 1 aliphatic heterocycles. The van der Waals surface area contributed by atoms with E-state index >= 15 is 0 Å². The van der Waals surface area contributed by atoms with Gasteiger partial charge in [-0.3, -0.25) is 9.59 Å². The fourth-order valence-corrected chi connectivity index (χ4v) is 3.26. The second-order valence-electron chi connectivity index (χ2n) is 6.48. The van der Waals surface area contributed by atoms with E-state index < -0.39 is 11.8 Å². The Balaban J connectivity index is 1.44. The summed E-state index contributed by atoms with van der Waals surface area (Å²) in [6, 6.07) is 7.90. The fourth-order valence-electron chi connectivity index (χ4n) is 3.26. The average molecular weight is 344 g/mol. The molecule has 1 aromatic heterocycles. The van der Waals surface area contributed by atoms with Crippen molar-refractivity contribution in [2.75, 3.05) is 26.2 Å². The average Bonchev–Trinajstić information content (AvgIpc) is 3.07. The summed E-state index contributed by atoms with van der Waals surface area (Å²) in [6.07, 6.45) is 4.25. The second-order valence-corrected chi connectivity index (χ2v) is 6.48. The standard InChI is InChI=1S/C18H24N4O3/c23-12-14-5-3-9-21(11-14)18(25)17(24)19-8-4-10-22-13-20-15-6-1-2-7-16(15)22/h1-2,6-7,13-14,23H,3-5,8-12H2,(H,19,24)/t14-/m1/s1. The number of nitrogens with one attached hydrogen (secondary N) is 1. The molecule has 0 saturated carbocycles. The van der Waals surface area contributed by atoms with Crippen molar-refractivity contribution in [1.82, 2.24) is 19.8 Å². The summed E-state index contributed by atoms with van der Waals surface area (Å²) in [7, 11) is 0. The highest BCUT2D eigenvalue weighted by molar-refractivity contribution is 6.35. The molecule has 1 fully saturated rings. The number of aliphatic hydroxyl groups excluding tert-OH is 1.